The van der Waals surface area contributed by atoms with Gasteiger partial charge in [0.2, 0.25) is 5.91 Å². The van der Waals surface area contributed by atoms with E-state index in [0.29, 0.717) is 12.5 Å². The number of fused-ring (bicyclic) bond motifs is 1. The summed E-state index contributed by atoms with van der Waals surface area (Å²) in [5.41, 5.74) is 2.35. The molecule has 1 aliphatic carbocycles. The van der Waals surface area contributed by atoms with Gasteiger partial charge in [-0.05, 0) is 50.3 Å². The molecule has 1 aromatic rings. The number of nitrogens with one attached hydrogen (secondary N) is 1. The Morgan fingerprint density at radius 2 is 1.95 bits per heavy atom. The first-order valence-electron chi connectivity index (χ1n) is 8.69. The lowest BCUT2D eigenvalue weighted by Gasteiger charge is -2.38. The van der Waals surface area contributed by atoms with Crippen molar-refractivity contribution < 1.29 is 4.79 Å². The van der Waals surface area contributed by atoms with E-state index >= 15 is 0 Å². The zero-order chi connectivity index (χ0) is 14.9. The highest BCUT2D eigenvalue weighted by Gasteiger charge is 2.31. The summed E-state index contributed by atoms with van der Waals surface area (Å²) in [5, 5.41) is 3.44. The van der Waals surface area contributed by atoms with E-state index in [-0.39, 0.29) is 5.91 Å². The predicted molar refractivity (Wildman–Crippen MR) is 89.4 cm³/mol. The fourth-order valence-corrected chi connectivity index (χ4v) is 3.73. The molecule has 118 valence electrons. The van der Waals surface area contributed by atoms with Crippen LogP contribution in [0.3, 0.4) is 0 Å². The normalized spacial score (nSPS) is 24.5. The molecule has 2 fully saturated rings. The van der Waals surface area contributed by atoms with Gasteiger partial charge >= 0.3 is 0 Å². The molecular weight excluding hydrogens is 274 g/mol. The fraction of sp³-hybridized carbons (Fsp3) is 0.611. The molecule has 22 heavy (non-hydrogen) atoms. The smallest absolute Gasteiger partial charge is 0.228 e. The minimum atomic E-state index is 0.276. The summed E-state index contributed by atoms with van der Waals surface area (Å²) in [7, 11) is 0. The van der Waals surface area contributed by atoms with E-state index in [1.807, 2.05) is 11.0 Å². The van der Waals surface area contributed by atoms with E-state index < -0.39 is 0 Å². The van der Waals surface area contributed by atoms with Crippen molar-refractivity contribution in [1.82, 2.24) is 5.32 Å². The first-order valence-corrected chi connectivity index (χ1v) is 8.69. The van der Waals surface area contributed by atoms with Gasteiger partial charge in [-0.2, -0.15) is 0 Å². The second kappa shape index (κ2) is 5.92. The van der Waals surface area contributed by atoms with Crippen molar-refractivity contribution in [1.29, 1.82) is 0 Å². The van der Waals surface area contributed by atoms with Gasteiger partial charge in [-0.25, -0.2) is 0 Å². The van der Waals surface area contributed by atoms with Crippen LogP contribution < -0.4 is 15.1 Å². The zero-order valence-corrected chi connectivity index (χ0v) is 13.1. The molecule has 1 unspecified atom stereocenters. The summed E-state index contributed by atoms with van der Waals surface area (Å²) in [6.45, 7) is 4.01. The number of para-hydroxylation sites is 2. The fourth-order valence-electron chi connectivity index (χ4n) is 3.73. The number of anilines is 2. The third-order valence-electron chi connectivity index (χ3n) is 5.17. The minimum Gasteiger partial charge on any atom is -0.368 e. The first-order chi connectivity index (χ1) is 10.8. The van der Waals surface area contributed by atoms with Gasteiger partial charge in [-0.3, -0.25) is 4.79 Å². The summed E-state index contributed by atoms with van der Waals surface area (Å²) >= 11 is 0. The molecule has 2 heterocycles. The monoisotopic (exact) mass is 299 g/mol. The Kier molecular flexibility index (Phi) is 3.78. The van der Waals surface area contributed by atoms with Crippen LogP contribution in [-0.4, -0.2) is 38.1 Å². The molecule has 4 nitrogen and oxygen atoms in total. The van der Waals surface area contributed by atoms with Crippen molar-refractivity contribution >= 4 is 17.3 Å². The van der Waals surface area contributed by atoms with Crippen LogP contribution in [0.2, 0.25) is 0 Å². The maximum Gasteiger partial charge on any atom is 0.228 e. The van der Waals surface area contributed by atoms with Crippen molar-refractivity contribution in [3.63, 3.8) is 0 Å². The maximum absolute atomic E-state index is 12.7. The molecule has 1 atom stereocenters. The van der Waals surface area contributed by atoms with Crippen LogP contribution in [0.1, 0.15) is 32.1 Å². The number of amides is 1. The SMILES string of the molecule is O=C(CC1CCCN1)N1CCN(CC2CC2)c2ccccc21. The van der Waals surface area contributed by atoms with E-state index in [9.17, 15) is 4.79 Å². The number of nitrogens with zero attached hydrogens (tertiary/aromatic N) is 2. The topological polar surface area (TPSA) is 35.6 Å². The van der Waals surface area contributed by atoms with Crippen LogP contribution in [0.25, 0.3) is 0 Å². The average Bonchev–Trinajstić information content (AvgIpc) is 3.21. The summed E-state index contributed by atoms with van der Waals surface area (Å²) in [4.78, 5) is 17.2. The molecule has 1 N–H and O–H groups in total. The van der Waals surface area contributed by atoms with Crippen molar-refractivity contribution in [2.45, 2.75) is 38.1 Å². The number of carbonyl (C=O) groups excluding carboxylic acids is 1. The highest BCUT2D eigenvalue weighted by Crippen LogP contribution is 2.37. The minimum absolute atomic E-state index is 0.276. The van der Waals surface area contributed by atoms with Gasteiger partial charge in [0.1, 0.15) is 0 Å². The molecular formula is C18H25N3O. The average molecular weight is 299 g/mol. The Balaban J connectivity index is 1.51. The van der Waals surface area contributed by atoms with Crippen molar-refractivity contribution in [2.75, 3.05) is 36.0 Å². The Hall–Kier alpha value is -1.55. The summed E-state index contributed by atoms with van der Waals surface area (Å²) in [6, 6.07) is 8.79. The Morgan fingerprint density at radius 3 is 2.68 bits per heavy atom. The number of rotatable bonds is 4. The van der Waals surface area contributed by atoms with Gasteiger partial charge in [0.25, 0.3) is 0 Å². The van der Waals surface area contributed by atoms with Crippen LogP contribution in [0.15, 0.2) is 24.3 Å². The van der Waals surface area contributed by atoms with Crippen LogP contribution >= 0.6 is 0 Å². The first kappa shape index (κ1) is 14.1. The van der Waals surface area contributed by atoms with E-state index in [2.05, 4.69) is 28.4 Å². The van der Waals surface area contributed by atoms with E-state index in [4.69, 9.17) is 0 Å². The number of hydrogen-bond acceptors (Lipinski definition) is 3. The Bertz CT molecular complexity index is 549. The predicted octanol–water partition coefficient (Wildman–Crippen LogP) is 2.39. The van der Waals surface area contributed by atoms with E-state index in [1.165, 1.54) is 24.9 Å². The van der Waals surface area contributed by atoms with Crippen LogP contribution in [0.4, 0.5) is 11.4 Å². The molecule has 0 bridgehead atoms. The van der Waals surface area contributed by atoms with Gasteiger partial charge in [0.05, 0.1) is 11.4 Å². The Morgan fingerprint density at radius 1 is 1.14 bits per heavy atom. The molecule has 1 saturated heterocycles. The third-order valence-corrected chi connectivity index (χ3v) is 5.17. The van der Waals surface area contributed by atoms with Gasteiger partial charge < -0.3 is 15.1 Å². The standard InChI is InChI=1S/C18H25N3O/c22-18(12-15-4-3-9-19-15)21-11-10-20(13-14-7-8-14)16-5-1-2-6-17(16)21/h1-2,5-6,14-15,19H,3-4,7-13H2. The molecule has 1 amide bonds. The lowest BCUT2D eigenvalue weighted by atomic mass is 10.1. The maximum atomic E-state index is 12.7. The van der Waals surface area contributed by atoms with Crippen molar-refractivity contribution in [3.05, 3.63) is 24.3 Å². The third kappa shape index (κ3) is 2.84. The highest BCUT2D eigenvalue weighted by molar-refractivity contribution is 5.98. The molecule has 4 heteroatoms. The number of hydrogen-bond donors (Lipinski definition) is 1. The molecule has 0 spiro atoms. The van der Waals surface area contributed by atoms with E-state index in [0.717, 1.165) is 44.2 Å². The molecule has 1 saturated carbocycles. The summed E-state index contributed by atoms with van der Waals surface area (Å²) in [5.74, 6) is 1.15. The quantitative estimate of drug-likeness (QED) is 0.927. The highest BCUT2D eigenvalue weighted by atomic mass is 16.2. The van der Waals surface area contributed by atoms with Gasteiger partial charge in [0, 0.05) is 32.1 Å². The number of carbonyl (C=O) groups is 1. The number of benzene rings is 1. The molecule has 3 aliphatic rings. The second-order valence-corrected chi connectivity index (χ2v) is 6.92. The van der Waals surface area contributed by atoms with Gasteiger partial charge in [0.15, 0.2) is 0 Å². The zero-order valence-electron chi connectivity index (χ0n) is 13.1. The van der Waals surface area contributed by atoms with Crippen LogP contribution in [0.5, 0.6) is 0 Å². The lowest BCUT2D eigenvalue weighted by Crippen LogP contribution is -2.46. The lowest BCUT2D eigenvalue weighted by molar-refractivity contribution is -0.119. The molecule has 2 aliphatic heterocycles. The second-order valence-electron chi connectivity index (χ2n) is 6.92. The largest absolute Gasteiger partial charge is 0.368 e. The molecule has 0 radical (unpaired) electrons. The van der Waals surface area contributed by atoms with Crippen LogP contribution in [-0.2, 0) is 4.79 Å². The Labute approximate surface area is 132 Å². The van der Waals surface area contributed by atoms with Crippen molar-refractivity contribution in [2.24, 2.45) is 5.92 Å². The molecule has 1 aromatic carbocycles. The van der Waals surface area contributed by atoms with Crippen LogP contribution in [0, 0.1) is 5.92 Å². The van der Waals surface area contributed by atoms with Gasteiger partial charge in [-0.1, -0.05) is 12.1 Å². The summed E-state index contributed by atoms with van der Waals surface area (Å²) in [6.07, 6.45) is 5.71. The summed E-state index contributed by atoms with van der Waals surface area (Å²) < 4.78 is 0. The van der Waals surface area contributed by atoms with Crippen molar-refractivity contribution in [3.8, 4) is 0 Å². The molecule has 0 aromatic heterocycles. The molecule has 4 rings (SSSR count). The van der Waals surface area contributed by atoms with Gasteiger partial charge in [-0.15, -0.1) is 0 Å². The van der Waals surface area contributed by atoms with E-state index in [1.54, 1.807) is 0 Å².